The second kappa shape index (κ2) is 23.2. The van der Waals surface area contributed by atoms with E-state index in [1.165, 1.54) is 16.7 Å². The summed E-state index contributed by atoms with van der Waals surface area (Å²) >= 11 is 9.98. The van der Waals surface area contributed by atoms with Crippen molar-refractivity contribution in [3.63, 3.8) is 0 Å². The van der Waals surface area contributed by atoms with E-state index in [4.69, 9.17) is 36.6 Å². The number of ether oxygens (including phenoxy) is 1. The lowest BCUT2D eigenvalue weighted by molar-refractivity contribution is -0.141. The monoisotopic (exact) mass is 1070 g/mol. The number of hydrogen-bond acceptors (Lipinski definition) is 17. The Morgan fingerprint density at radius 3 is 2.41 bits per heavy atom. The van der Waals surface area contributed by atoms with Crippen molar-refractivity contribution in [3.05, 3.63) is 81.7 Å². The number of pyridine rings is 1. The first kappa shape index (κ1) is 53.4. The van der Waals surface area contributed by atoms with E-state index in [0.717, 1.165) is 52.5 Å². The molecule has 4 aromatic heterocycles. The molecule has 0 saturated carbocycles. The molecule has 5 aromatic rings. The summed E-state index contributed by atoms with van der Waals surface area (Å²) in [6.07, 6.45) is 7.11. The summed E-state index contributed by atoms with van der Waals surface area (Å²) in [5, 5.41) is 29.2. The Kier molecular flexibility index (Phi) is 16.8. The largest absolute Gasteiger partial charge is 0.490 e. The number of β-amino-alcohol motifs (C(OH)–C–C–N with tert-alkyl or cyclic N) is 1. The third-order valence-electron chi connectivity index (χ3n) is 15.2. The first-order valence-electron chi connectivity index (χ1n) is 25.8. The number of nitrogens with two attached hydrogens (primary N) is 1. The van der Waals surface area contributed by atoms with E-state index in [2.05, 4.69) is 37.2 Å². The highest BCUT2D eigenvalue weighted by Crippen LogP contribution is 2.40. The number of amides is 3. The van der Waals surface area contributed by atoms with Crippen molar-refractivity contribution in [2.24, 2.45) is 23.0 Å². The van der Waals surface area contributed by atoms with Crippen molar-refractivity contribution in [2.75, 3.05) is 62.2 Å². The number of halogens is 1. The third-order valence-corrected chi connectivity index (χ3v) is 17.7. The van der Waals surface area contributed by atoms with Gasteiger partial charge in [-0.2, -0.15) is 0 Å². The van der Waals surface area contributed by atoms with Crippen molar-refractivity contribution >= 4 is 64.1 Å². The zero-order chi connectivity index (χ0) is 52.3. The lowest BCUT2D eigenvalue weighted by Gasteiger charge is -2.39. The highest BCUT2D eigenvalue weighted by Gasteiger charge is 2.43. The Labute approximate surface area is 445 Å². The van der Waals surface area contributed by atoms with Gasteiger partial charge in [0.25, 0.3) is 0 Å². The molecular formula is C53H68ClN11O7S2. The topological polar surface area (TPSA) is 229 Å². The van der Waals surface area contributed by atoms with E-state index >= 15 is 0 Å². The number of rotatable bonds is 16. The van der Waals surface area contributed by atoms with E-state index in [1.54, 1.807) is 36.7 Å². The number of benzene rings is 1. The van der Waals surface area contributed by atoms with Crippen molar-refractivity contribution in [3.8, 4) is 16.2 Å². The van der Waals surface area contributed by atoms with Gasteiger partial charge in [-0.25, -0.2) is 19.9 Å². The number of thiazole rings is 1. The van der Waals surface area contributed by atoms with Crippen molar-refractivity contribution in [2.45, 2.75) is 127 Å². The molecule has 4 fully saturated rings. The smallest absolute Gasteiger partial charge is 0.243 e. The van der Waals surface area contributed by atoms with Crippen LogP contribution in [0.15, 0.2) is 62.7 Å². The molecule has 0 radical (unpaired) electrons. The van der Waals surface area contributed by atoms with Crippen LogP contribution in [-0.2, 0) is 27.5 Å². The van der Waals surface area contributed by atoms with Gasteiger partial charge in [-0.05, 0) is 75.1 Å². The predicted octanol–water partition coefficient (Wildman–Crippen LogP) is 6.77. The molecule has 3 amide bonds. The number of anilines is 2. The number of carbonyl (C=O) groups excluding carboxylic acids is 3. The molecule has 8 heterocycles. The summed E-state index contributed by atoms with van der Waals surface area (Å²) in [6, 6.07) is 8.69. The number of piperidine rings is 3. The van der Waals surface area contributed by atoms with Crippen LogP contribution in [0.4, 0.5) is 11.6 Å². The molecule has 4 aliphatic rings. The Morgan fingerprint density at radius 2 is 1.74 bits per heavy atom. The Bertz CT molecular complexity index is 2790. The van der Waals surface area contributed by atoms with Crippen LogP contribution in [0.2, 0.25) is 5.02 Å². The summed E-state index contributed by atoms with van der Waals surface area (Å²) < 4.78 is 12.3. The van der Waals surface area contributed by atoms with Gasteiger partial charge in [-0.1, -0.05) is 61.4 Å². The Morgan fingerprint density at radius 1 is 1.00 bits per heavy atom. The maximum absolute atomic E-state index is 14.0. The van der Waals surface area contributed by atoms with Crippen LogP contribution in [0.1, 0.15) is 100 Å². The normalized spacial score (nSPS) is 20.1. The average Bonchev–Trinajstić information content (AvgIpc) is 4.15. The van der Waals surface area contributed by atoms with Gasteiger partial charge in [-0.3, -0.25) is 14.4 Å². The van der Waals surface area contributed by atoms with Gasteiger partial charge in [0.05, 0.1) is 45.7 Å². The first-order valence-corrected chi connectivity index (χ1v) is 27.9. The number of nitrogens with one attached hydrogen (secondary N) is 1. The van der Waals surface area contributed by atoms with Gasteiger partial charge in [0.2, 0.25) is 17.7 Å². The molecule has 3 atom stereocenters. The quantitative estimate of drug-likeness (QED) is 0.0800. The number of likely N-dealkylation sites (tertiary alicyclic amines) is 2. The summed E-state index contributed by atoms with van der Waals surface area (Å²) in [5.41, 5.74) is 11.8. The van der Waals surface area contributed by atoms with Gasteiger partial charge in [0.15, 0.2) is 5.82 Å². The minimum absolute atomic E-state index is 0.0443. The molecule has 396 valence electrons. The van der Waals surface area contributed by atoms with Crippen LogP contribution in [0, 0.1) is 31.1 Å². The second-order valence-corrected chi connectivity index (χ2v) is 23.2. The van der Waals surface area contributed by atoms with Crippen LogP contribution in [0.3, 0.4) is 0 Å². The second-order valence-electron chi connectivity index (χ2n) is 20.9. The summed E-state index contributed by atoms with van der Waals surface area (Å²) in [5.74, 6) is 1.03. The molecule has 0 bridgehead atoms. The van der Waals surface area contributed by atoms with Crippen LogP contribution >= 0.6 is 34.7 Å². The van der Waals surface area contributed by atoms with Gasteiger partial charge >= 0.3 is 0 Å². The van der Waals surface area contributed by atoms with Crippen LogP contribution in [0.25, 0.3) is 10.4 Å². The van der Waals surface area contributed by atoms with Crippen molar-refractivity contribution in [1.82, 2.24) is 40.2 Å². The summed E-state index contributed by atoms with van der Waals surface area (Å²) in [7, 11) is 0. The zero-order valence-corrected chi connectivity index (χ0v) is 45.2. The number of aliphatic hydroxyl groups is 2. The number of aryl methyl sites for hydroxylation is 2. The van der Waals surface area contributed by atoms with E-state index < -0.39 is 18.1 Å². The van der Waals surface area contributed by atoms with E-state index in [-0.39, 0.29) is 67.2 Å². The van der Waals surface area contributed by atoms with Gasteiger partial charge in [-0.15, -0.1) is 11.3 Å². The fourth-order valence-electron chi connectivity index (χ4n) is 10.7. The maximum Gasteiger partial charge on any atom is 0.243 e. The molecular weight excluding hydrogens is 1000 g/mol. The maximum atomic E-state index is 14.0. The fourth-order valence-corrected chi connectivity index (χ4v) is 12.6. The molecule has 0 unspecified atom stereocenters. The highest BCUT2D eigenvalue weighted by molar-refractivity contribution is 7.99. The summed E-state index contributed by atoms with van der Waals surface area (Å²) in [4.78, 5) is 70.2. The van der Waals surface area contributed by atoms with E-state index in [0.29, 0.717) is 103 Å². The number of carbonyl (C=O) groups is 3. The molecule has 4 aliphatic heterocycles. The van der Waals surface area contributed by atoms with Crippen molar-refractivity contribution in [1.29, 1.82) is 0 Å². The SMILES string of the molecule is Cc1cc([C@H](C(=O)N2C[C@H](O)C[C@H]2C(=O)NCc2ccc(-c3scnc3C)cc2OC2CCN(C(=O)C3CCN(c4nccc(Sc5cnc(N6CCC(C)(CN)CC6)c(CO)n5)c4Cl)CC3)CC2)C(C)C)on1. The molecule has 74 heavy (non-hydrogen) atoms. The molecule has 9 rings (SSSR count). The van der Waals surface area contributed by atoms with Crippen LogP contribution in [0.5, 0.6) is 5.75 Å². The first-order chi connectivity index (χ1) is 35.6. The Balaban J connectivity index is 0.794. The van der Waals surface area contributed by atoms with Crippen molar-refractivity contribution < 1.29 is 33.9 Å². The van der Waals surface area contributed by atoms with Gasteiger partial charge < -0.3 is 50.1 Å². The highest BCUT2D eigenvalue weighted by atomic mass is 35.5. The lowest BCUT2D eigenvalue weighted by atomic mass is 9.80. The molecule has 4 saturated heterocycles. The summed E-state index contributed by atoms with van der Waals surface area (Å²) in [6.45, 7) is 14.4. The zero-order valence-electron chi connectivity index (χ0n) is 42.8. The minimum atomic E-state index is -0.864. The molecule has 0 aliphatic carbocycles. The standard InChI is InChI=1S/C53H68ClN11O7S2/c1-31(2)45(42-22-32(3)61-72-42)52(70)65-27-37(67)24-40(65)50(68)58-25-36-7-6-35(47-33(4)59-30-73-47)23-41(36)71-38-11-18-64(19-12-38)51(69)34-9-16-62(17-10-34)49-46(54)43(8-15-56-49)74-44-26-57-48(39(28-66)60-44)63-20-13-53(5,29-55)14-21-63/h6-8,15,22-23,26,30-31,34,37-38,40,45,66-67H,9-14,16-21,24-25,27-29,55H2,1-5H3,(H,58,68)/t37-,40+,45-/m1/s1. The lowest BCUT2D eigenvalue weighted by Crippen LogP contribution is -2.48. The Hall–Kier alpha value is -5.38. The molecule has 21 heteroatoms. The predicted molar refractivity (Wildman–Crippen MR) is 284 cm³/mol. The number of nitrogens with zero attached hydrogens (tertiary/aromatic N) is 9. The third kappa shape index (κ3) is 11.8. The molecule has 0 spiro atoms. The van der Waals surface area contributed by atoms with E-state index in [9.17, 15) is 24.6 Å². The van der Waals surface area contributed by atoms with Gasteiger partial charge in [0.1, 0.15) is 46.1 Å². The number of hydrogen-bond donors (Lipinski definition) is 4. The molecule has 1 aromatic carbocycles. The fraction of sp³-hybridized carbons (Fsp3) is 0.547. The molecule has 5 N–H and O–H groups in total. The minimum Gasteiger partial charge on any atom is -0.490 e. The van der Waals surface area contributed by atoms with E-state index in [1.807, 2.05) is 55.4 Å². The number of aliphatic hydroxyl groups excluding tert-OH is 2. The van der Waals surface area contributed by atoms with Gasteiger partial charge in [0, 0.05) is 100 Å². The van der Waals surface area contributed by atoms with Crippen LogP contribution in [-0.4, -0.2) is 133 Å². The molecule has 18 nitrogen and oxygen atoms in total. The average molecular weight is 1070 g/mol. The van der Waals surface area contributed by atoms with Crippen LogP contribution < -0.4 is 25.6 Å². The number of aromatic nitrogens is 5.